The molecule has 0 saturated carbocycles. The van der Waals surface area contributed by atoms with E-state index in [4.69, 9.17) is 0 Å². The Morgan fingerprint density at radius 3 is 2.19 bits per heavy atom. The molecule has 2 atom stereocenters. The van der Waals surface area contributed by atoms with E-state index in [-0.39, 0.29) is 6.04 Å². The molecule has 0 amide bonds. The standard InChI is InChI=1S/C23H32N2OS/c1-3-6-19(2)24-27(26)23-13-11-22(12-14-23)21-9-7-20(8-10-21)15-18-25-16-4-5-17-25/h7-14,19,24H,3-6,15-18H2,1-2H3. The quantitative estimate of drug-likeness (QED) is 0.674. The summed E-state index contributed by atoms with van der Waals surface area (Å²) < 4.78 is 15.6. The minimum absolute atomic E-state index is 0.267. The second-order valence-electron chi connectivity index (χ2n) is 7.60. The molecular formula is C23H32N2OS. The molecule has 0 radical (unpaired) electrons. The summed E-state index contributed by atoms with van der Waals surface area (Å²) in [6, 6.07) is 17.2. The molecule has 1 N–H and O–H groups in total. The number of nitrogens with zero attached hydrogens (tertiary/aromatic N) is 1. The lowest BCUT2D eigenvalue weighted by Gasteiger charge is -2.14. The number of likely N-dealkylation sites (tertiary alicyclic amines) is 1. The largest absolute Gasteiger partial charge is 0.303 e. The zero-order valence-corrected chi connectivity index (χ0v) is 17.4. The third kappa shape index (κ3) is 6.00. The molecule has 4 heteroatoms. The van der Waals surface area contributed by atoms with Gasteiger partial charge < -0.3 is 4.90 Å². The fourth-order valence-electron chi connectivity index (χ4n) is 3.67. The second kappa shape index (κ2) is 10.2. The van der Waals surface area contributed by atoms with Crippen molar-refractivity contribution >= 4 is 11.0 Å². The van der Waals surface area contributed by atoms with Gasteiger partial charge in [0.25, 0.3) is 0 Å². The fraction of sp³-hybridized carbons (Fsp3) is 0.478. The lowest BCUT2D eigenvalue weighted by molar-refractivity contribution is 0.343. The van der Waals surface area contributed by atoms with Crippen LogP contribution in [0.1, 0.15) is 45.1 Å². The Labute approximate surface area is 166 Å². The summed E-state index contributed by atoms with van der Waals surface area (Å²) in [6.07, 6.45) is 5.96. The molecule has 3 nitrogen and oxygen atoms in total. The summed E-state index contributed by atoms with van der Waals surface area (Å²) >= 11 is 0. The summed E-state index contributed by atoms with van der Waals surface area (Å²) in [5, 5.41) is 0. The Kier molecular flexibility index (Phi) is 7.62. The SMILES string of the molecule is CCCC(C)NS(=O)c1ccc(-c2ccc(CCN3CCCC3)cc2)cc1. The van der Waals surface area contributed by atoms with Crippen molar-refractivity contribution < 1.29 is 4.21 Å². The number of rotatable bonds is 9. The lowest BCUT2D eigenvalue weighted by Crippen LogP contribution is -2.27. The molecule has 27 heavy (non-hydrogen) atoms. The molecule has 0 spiro atoms. The van der Waals surface area contributed by atoms with Crippen molar-refractivity contribution in [2.45, 2.75) is 56.9 Å². The first-order chi connectivity index (χ1) is 13.2. The predicted molar refractivity (Wildman–Crippen MR) is 115 cm³/mol. The van der Waals surface area contributed by atoms with Crippen molar-refractivity contribution in [1.29, 1.82) is 0 Å². The highest BCUT2D eigenvalue weighted by molar-refractivity contribution is 7.83. The average Bonchev–Trinajstić information content (AvgIpc) is 3.21. The Morgan fingerprint density at radius 1 is 1.00 bits per heavy atom. The highest BCUT2D eigenvalue weighted by Crippen LogP contribution is 2.22. The van der Waals surface area contributed by atoms with Crippen LogP contribution in [-0.2, 0) is 17.4 Å². The minimum Gasteiger partial charge on any atom is -0.303 e. The Balaban J connectivity index is 1.57. The fourth-order valence-corrected chi connectivity index (χ4v) is 4.67. The summed E-state index contributed by atoms with van der Waals surface area (Å²) in [5.74, 6) is 0. The van der Waals surface area contributed by atoms with E-state index in [1.165, 1.54) is 49.2 Å². The highest BCUT2D eigenvalue weighted by atomic mass is 32.2. The molecule has 1 aliphatic heterocycles. The maximum atomic E-state index is 12.4. The van der Waals surface area contributed by atoms with Gasteiger partial charge in [-0.3, -0.25) is 0 Å². The Morgan fingerprint density at radius 2 is 1.59 bits per heavy atom. The van der Waals surface area contributed by atoms with E-state index in [1.807, 2.05) is 12.1 Å². The van der Waals surface area contributed by atoms with Gasteiger partial charge in [0.1, 0.15) is 11.0 Å². The van der Waals surface area contributed by atoms with Crippen LogP contribution < -0.4 is 4.72 Å². The third-order valence-corrected chi connectivity index (χ3v) is 6.62. The van der Waals surface area contributed by atoms with Crippen LogP contribution in [0.4, 0.5) is 0 Å². The van der Waals surface area contributed by atoms with Crippen LogP contribution in [0.25, 0.3) is 11.1 Å². The van der Waals surface area contributed by atoms with Crippen molar-refractivity contribution in [3.05, 3.63) is 54.1 Å². The minimum atomic E-state index is -1.14. The van der Waals surface area contributed by atoms with Crippen molar-refractivity contribution in [3.8, 4) is 11.1 Å². The molecule has 2 aromatic rings. The topological polar surface area (TPSA) is 32.3 Å². The Hall–Kier alpha value is -1.49. The molecule has 0 aliphatic carbocycles. The number of benzene rings is 2. The van der Waals surface area contributed by atoms with E-state index in [0.29, 0.717) is 0 Å². The van der Waals surface area contributed by atoms with Crippen LogP contribution in [0.5, 0.6) is 0 Å². The summed E-state index contributed by atoms with van der Waals surface area (Å²) in [5.41, 5.74) is 3.78. The van der Waals surface area contributed by atoms with Gasteiger partial charge in [-0.1, -0.05) is 49.7 Å². The second-order valence-corrected chi connectivity index (χ2v) is 8.84. The van der Waals surface area contributed by atoms with Gasteiger partial charge in [-0.2, -0.15) is 0 Å². The molecular weight excluding hydrogens is 352 g/mol. The number of nitrogens with one attached hydrogen (secondary N) is 1. The van der Waals surface area contributed by atoms with Gasteiger partial charge in [0.2, 0.25) is 0 Å². The van der Waals surface area contributed by atoms with Gasteiger partial charge in [0.15, 0.2) is 0 Å². The van der Waals surface area contributed by atoms with Gasteiger partial charge in [-0.05, 0) is 74.5 Å². The summed E-state index contributed by atoms with van der Waals surface area (Å²) in [6.45, 7) is 7.92. The van der Waals surface area contributed by atoms with Gasteiger partial charge in [0.05, 0.1) is 4.90 Å². The van der Waals surface area contributed by atoms with Gasteiger partial charge >= 0.3 is 0 Å². The van der Waals surface area contributed by atoms with E-state index in [1.54, 1.807) is 0 Å². The first-order valence-electron chi connectivity index (χ1n) is 10.3. The van der Waals surface area contributed by atoms with Gasteiger partial charge in [0, 0.05) is 12.6 Å². The average molecular weight is 385 g/mol. The monoisotopic (exact) mass is 384 g/mol. The first kappa shape index (κ1) is 20.2. The van der Waals surface area contributed by atoms with Crippen LogP contribution in [-0.4, -0.2) is 34.8 Å². The van der Waals surface area contributed by atoms with E-state index in [0.717, 1.165) is 24.2 Å². The molecule has 3 rings (SSSR count). The maximum absolute atomic E-state index is 12.4. The van der Waals surface area contributed by atoms with Crippen molar-refractivity contribution in [2.24, 2.45) is 0 Å². The van der Waals surface area contributed by atoms with Crippen LogP contribution in [0.15, 0.2) is 53.4 Å². The van der Waals surface area contributed by atoms with Crippen molar-refractivity contribution in [2.75, 3.05) is 19.6 Å². The maximum Gasteiger partial charge on any atom is 0.125 e. The number of hydrogen-bond acceptors (Lipinski definition) is 2. The van der Waals surface area contributed by atoms with E-state index in [9.17, 15) is 4.21 Å². The highest BCUT2D eigenvalue weighted by Gasteiger charge is 2.11. The molecule has 1 saturated heterocycles. The summed E-state index contributed by atoms with van der Waals surface area (Å²) in [7, 11) is -1.14. The molecule has 0 aromatic heterocycles. The van der Waals surface area contributed by atoms with E-state index < -0.39 is 11.0 Å². The molecule has 1 heterocycles. The summed E-state index contributed by atoms with van der Waals surface area (Å²) in [4.78, 5) is 3.39. The number of hydrogen-bond donors (Lipinski definition) is 1. The molecule has 1 aliphatic rings. The van der Waals surface area contributed by atoms with Crippen LogP contribution >= 0.6 is 0 Å². The smallest absolute Gasteiger partial charge is 0.125 e. The lowest BCUT2D eigenvalue weighted by atomic mass is 10.0. The zero-order chi connectivity index (χ0) is 19.1. The molecule has 2 aromatic carbocycles. The third-order valence-electron chi connectivity index (χ3n) is 5.30. The zero-order valence-electron chi connectivity index (χ0n) is 16.6. The van der Waals surface area contributed by atoms with Crippen molar-refractivity contribution in [3.63, 3.8) is 0 Å². The molecule has 1 fully saturated rings. The van der Waals surface area contributed by atoms with Gasteiger partial charge in [-0.15, -0.1) is 0 Å². The predicted octanol–water partition coefficient (Wildman–Crippen LogP) is 4.79. The molecule has 146 valence electrons. The van der Waals surface area contributed by atoms with Crippen LogP contribution in [0, 0.1) is 0 Å². The molecule has 2 unspecified atom stereocenters. The normalized spacial score (nSPS) is 17.1. The van der Waals surface area contributed by atoms with Crippen molar-refractivity contribution in [1.82, 2.24) is 9.62 Å². The molecule has 0 bridgehead atoms. The first-order valence-corrected chi connectivity index (χ1v) is 11.4. The van der Waals surface area contributed by atoms with E-state index in [2.05, 4.69) is 59.9 Å². The van der Waals surface area contributed by atoms with Gasteiger partial charge in [-0.25, -0.2) is 8.93 Å². The Bertz CT molecular complexity index is 721. The van der Waals surface area contributed by atoms with Crippen LogP contribution in [0.2, 0.25) is 0 Å². The van der Waals surface area contributed by atoms with E-state index >= 15 is 0 Å². The van der Waals surface area contributed by atoms with Crippen LogP contribution in [0.3, 0.4) is 0 Å².